The van der Waals surface area contributed by atoms with Crippen LogP contribution in [0.2, 0.25) is 0 Å². The second kappa shape index (κ2) is 6.42. The van der Waals surface area contributed by atoms with Gasteiger partial charge in [0.1, 0.15) is 5.75 Å². The molecule has 0 aromatic heterocycles. The first-order valence-electron chi connectivity index (χ1n) is 7.43. The molecule has 24 heavy (non-hydrogen) atoms. The van der Waals surface area contributed by atoms with Crippen molar-refractivity contribution >= 4 is 23.2 Å². The Bertz CT molecular complexity index is 838. The lowest BCUT2D eigenvalue weighted by atomic mass is 10.1. The van der Waals surface area contributed by atoms with Gasteiger partial charge in [-0.25, -0.2) is 0 Å². The summed E-state index contributed by atoms with van der Waals surface area (Å²) in [7, 11) is 0. The minimum absolute atomic E-state index is 0.0981. The van der Waals surface area contributed by atoms with E-state index in [4.69, 9.17) is 10.00 Å². The second-order valence-electron chi connectivity index (χ2n) is 5.54. The van der Waals surface area contributed by atoms with E-state index in [1.165, 1.54) is 0 Å². The van der Waals surface area contributed by atoms with E-state index in [2.05, 4.69) is 10.6 Å². The van der Waals surface area contributed by atoms with Gasteiger partial charge in [0.2, 0.25) is 5.91 Å². The van der Waals surface area contributed by atoms with E-state index in [0.717, 1.165) is 5.56 Å². The number of hydrogen-bond acceptors (Lipinski definition) is 4. The van der Waals surface area contributed by atoms with Gasteiger partial charge in [-0.05, 0) is 48.9 Å². The standard InChI is InChI=1S/C18H15N3O3/c1-11-2-7-15-14(8-11)21-18(23)16(24-15)9-17(22)20-13-5-3-12(10-19)4-6-13/h2-8,16H,9H2,1H3,(H,20,22)(H,21,23). The lowest BCUT2D eigenvalue weighted by Gasteiger charge is -2.25. The summed E-state index contributed by atoms with van der Waals surface area (Å²) in [6.45, 7) is 1.92. The molecular formula is C18H15N3O3. The lowest BCUT2D eigenvalue weighted by Crippen LogP contribution is -2.39. The maximum Gasteiger partial charge on any atom is 0.266 e. The molecule has 0 saturated heterocycles. The highest BCUT2D eigenvalue weighted by molar-refractivity contribution is 6.02. The molecule has 0 fully saturated rings. The van der Waals surface area contributed by atoms with Gasteiger partial charge < -0.3 is 15.4 Å². The molecule has 120 valence electrons. The summed E-state index contributed by atoms with van der Waals surface area (Å²) in [4.78, 5) is 24.2. The predicted molar refractivity (Wildman–Crippen MR) is 88.6 cm³/mol. The van der Waals surface area contributed by atoms with Crippen LogP contribution in [0.15, 0.2) is 42.5 Å². The first kappa shape index (κ1) is 15.6. The van der Waals surface area contributed by atoms with Crippen LogP contribution in [-0.4, -0.2) is 17.9 Å². The largest absolute Gasteiger partial charge is 0.478 e. The Kier molecular flexibility index (Phi) is 4.17. The average Bonchev–Trinajstić information content (AvgIpc) is 2.56. The van der Waals surface area contributed by atoms with Crippen LogP contribution in [0.1, 0.15) is 17.5 Å². The number of ether oxygens (including phenoxy) is 1. The molecule has 2 aromatic carbocycles. The number of carbonyl (C=O) groups excluding carboxylic acids is 2. The molecule has 1 heterocycles. The van der Waals surface area contributed by atoms with Gasteiger partial charge in [-0.2, -0.15) is 5.26 Å². The number of rotatable bonds is 3. The van der Waals surface area contributed by atoms with E-state index in [1.807, 2.05) is 25.1 Å². The number of aryl methyl sites for hydroxylation is 1. The van der Waals surface area contributed by atoms with Crippen molar-refractivity contribution in [3.8, 4) is 11.8 Å². The number of nitrogens with zero attached hydrogens (tertiary/aromatic N) is 1. The SMILES string of the molecule is Cc1ccc2c(c1)NC(=O)C(CC(=O)Nc1ccc(C#N)cc1)O2. The minimum Gasteiger partial charge on any atom is -0.478 e. The number of nitriles is 1. The zero-order chi connectivity index (χ0) is 17.1. The van der Waals surface area contributed by atoms with Crippen molar-refractivity contribution in [1.29, 1.82) is 5.26 Å². The quantitative estimate of drug-likeness (QED) is 0.909. The van der Waals surface area contributed by atoms with E-state index in [9.17, 15) is 9.59 Å². The topological polar surface area (TPSA) is 91.2 Å². The molecule has 0 radical (unpaired) electrons. The van der Waals surface area contributed by atoms with Gasteiger partial charge in [-0.3, -0.25) is 9.59 Å². The summed E-state index contributed by atoms with van der Waals surface area (Å²) in [5, 5.41) is 14.2. The normalized spacial score (nSPS) is 15.5. The summed E-state index contributed by atoms with van der Waals surface area (Å²) in [5.74, 6) is -0.130. The Labute approximate surface area is 139 Å². The number of hydrogen-bond donors (Lipinski definition) is 2. The van der Waals surface area contributed by atoms with Gasteiger partial charge in [0.15, 0.2) is 6.10 Å². The molecule has 2 amide bonds. The summed E-state index contributed by atoms with van der Waals surface area (Å²) >= 11 is 0. The number of nitrogens with one attached hydrogen (secondary N) is 2. The molecule has 2 N–H and O–H groups in total. The first-order valence-corrected chi connectivity index (χ1v) is 7.43. The fourth-order valence-corrected chi connectivity index (χ4v) is 2.41. The van der Waals surface area contributed by atoms with Crippen molar-refractivity contribution in [3.05, 3.63) is 53.6 Å². The van der Waals surface area contributed by atoms with Crippen molar-refractivity contribution in [3.63, 3.8) is 0 Å². The van der Waals surface area contributed by atoms with Crippen LogP contribution in [0.4, 0.5) is 11.4 Å². The molecule has 1 aliphatic heterocycles. The van der Waals surface area contributed by atoms with Crippen LogP contribution in [0.5, 0.6) is 5.75 Å². The monoisotopic (exact) mass is 321 g/mol. The zero-order valence-corrected chi connectivity index (χ0v) is 13.0. The summed E-state index contributed by atoms with van der Waals surface area (Å²) in [5.41, 5.74) is 2.69. The molecule has 0 aliphatic carbocycles. The molecular weight excluding hydrogens is 306 g/mol. The van der Waals surface area contributed by atoms with Crippen LogP contribution in [-0.2, 0) is 9.59 Å². The van der Waals surface area contributed by atoms with Gasteiger partial charge in [-0.1, -0.05) is 6.07 Å². The molecule has 6 heteroatoms. The van der Waals surface area contributed by atoms with Crippen molar-refractivity contribution in [2.75, 3.05) is 10.6 Å². The third-order valence-electron chi connectivity index (χ3n) is 3.62. The molecule has 0 spiro atoms. The molecule has 2 aromatic rings. The first-order chi connectivity index (χ1) is 11.5. The number of benzene rings is 2. The van der Waals surface area contributed by atoms with Crippen LogP contribution < -0.4 is 15.4 Å². The molecule has 1 aliphatic rings. The van der Waals surface area contributed by atoms with Crippen molar-refractivity contribution in [1.82, 2.24) is 0 Å². The average molecular weight is 321 g/mol. The highest BCUT2D eigenvalue weighted by Crippen LogP contribution is 2.31. The maximum absolute atomic E-state index is 12.1. The third kappa shape index (κ3) is 3.36. The van der Waals surface area contributed by atoms with E-state index in [0.29, 0.717) is 22.7 Å². The minimum atomic E-state index is -0.876. The summed E-state index contributed by atoms with van der Waals surface area (Å²) in [6, 6.07) is 14.0. The summed E-state index contributed by atoms with van der Waals surface area (Å²) in [6.07, 6.45) is -0.974. The Hall–Kier alpha value is -3.33. The van der Waals surface area contributed by atoms with Gasteiger partial charge in [0.05, 0.1) is 23.7 Å². The fourth-order valence-electron chi connectivity index (χ4n) is 2.41. The van der Waals surface area contributed by atoms with Crippen LogP contribution in [0, 0.1) is 18.3 Å². The van der Waals surface area contributed by atoms with Gasteiger partial charge in [0, 0.05) is 5.69 Å². The molecule has 3 rings (SSSR count). The molecule has 1 atom stereocenters. The predicted octanol–water partition coefficient (Wildman–Crippen LogP) is 2.60. The molecule has 1 unspecified atom stereocenters. The molecule has 6 nitrogen and oxygen atoms in total. The number of carbonyl (C=O) groups is 2. The Morgan fingerprint density at radius 3 is 2.75 bits per heavy atom. The van der Waals surface area contributed by atoms with Gasteiger partial charge >= 0.3 is 0 Å². The highest BCUT2D eigenvalue weighted by Gasteiger charge is 2.29. The maximum atomic E-state index is 12.1. The second-order valence-corrected chi connectivity index (χ2v) is 5.54. The van der Waals surface area contributed by atoms with E-state index >= 15 is 0 Å². The smallest absolute Gasteiger partial charge is 0.266 e. The van der Waals surface area contributed by atoms with E-state index in [-0.39, 0.29) is 18.2 Å². The van der Waals surface area contributed by atoms with Crippen LogP contribution in [0.25, 0.3) is 0 Å². The Morgan fingerprint density at radius 2 is 2.04 bits per heavy atom. The van der Waals surface area contributed by atoms with Crippen molar-refractivity contribution < 1.29 is 14.3 Å². The van der Waals surface area contributed by atoms with Crippen LogP contribution >= 0.6 is 0 Å². The van der Waals surface area contributed by atoms with Crippen molar-refractivity contribution in [2.45, 2.75) is 19.4 Å². The third-order valence-corrected chi connectivity index (χ3v) is 3.62. The van der Waals surface area contributed by atoms with E-state index in [1.54, 1.807) is 30.3 Å². The van der Waals surface area contributed by atoms with Gasteiger partial charge in [0.25, 0.3) is 5.91 Å². The fraction of sp³-hybridized carbons (Fsp3) is 0.167. The van der Waals surface area contributed by atoms with Crippen molar-refractivity contribution in [2.24, 2.45) is 0 Å². The number of anilines is 2. The Morgan fingerprint density at radius 1 is 1.29 bits per heavy atom. The zero-order valence-electron chi connectivity index (χ0n) is 13.0. The lowest BCUT2D eigenvalue weighted by molar-refractivity contribution is -0.128. The molecule has 0 saturated carbocycles. The van der Waals surface area contributed by atoms with Gasteiger partial charge in [-0.15, -0.1) is 0 Å². The van der Waals surface area contributed by atoms with E-state index < -0.39 is 6.10 Å². The number of fused-ring (bicyclic) bond motifs is 1. The Balaban J connectivity index is 1.65. The molecule has 0 bridgehead atoms. The number of amides is 2. The highest BCUT2D eigenvalue weighted by atomic mass is 16.5. The van der Waals surface area contributed by atoms with Crippen LogP contribution in [0.3, 0.4) is 0 Å². The summed E-state index contributed by atoms with van der Waals surface area (Å²) < 4.78 is 5.63.